The molecule has 1 unspecified atom stereocenters. The lowest BCUT2D eigenvalue weighted by Crippen LogP contribution is -2.44. The van der Waals surface area contributed by atoms with Crippen LogP contribution in [0.25, 0.3) is 0 Å². The maximum atomic E-state index is 11.3. The number of nitrogens with one attached hydrogen (secondary N) is 1. The van der Waals surface area contributed by atoms with Crippen molar-refractivity contribution in [2.75, 3.05) is 19.7 Å². The van der Waals surface area contributed by atoms with E-state index in [2.05, 4.69) is 26.1 Å². The van der Waals surface area contributed by atoms with Gasteiger partial charge in [-0.25, -0.2) is 0 Å². The van der Waals surface area contributed by atoms with E-state index in [1.165, 1.54) is 6.92 Å². The number of amides is 1. The van der Waals surface area contributed by atoms with E-state index in [4.69, 9.17) is 9.47 Å². The van der Waals surface area contributed by atoms with Crippen molar-refractivity contribution in [3.8, 4) is 5.75 Å². The van der Waals surface area contributed by atoms with Gasteiger partial charge in [0.1, 0.15) is 18.5 Å². The Kier molecular flexibility index (Phi) is 6.42. The average Bonchev–Trinajstić information content (AvgIpc) is 2.55. The van der Waals surface area contributed by atoms with Crippen molar-refractivity contribution < 1.29 is 19.1 Å². The molecule has 1 aromatic carbocycles. The molecule has 25 heavy (non-hydrogen) atoms. The smallest absolute Gasteiger partial charge is 0.303 e. The second-order valence-electron chi connectivity index (χ2n) is 7.39. The van der Waals surface area contributed by atoms with Crippen molar-refractivity contribution in [3.05, 3.63) is 29.3 Å². The maximum Gasteiger partial charge on any atom is 0.303 e. The highest BCUT2D eigenvalue weighted by Gasteiger charge is 2.21. The fourth-order valence-corrected chi connectivity index (χ4v) is 2.79. The highest BCUT2D eigenvalue weighted by atomic mass is 16.6. The average molecular weight is 348 g/mol. The van der Waals surface area contributed by atoms with Crippen molar-refractivity contribution in [1.29, 1.82) is 0 Å². The van der Waals surface area contributed by atoms with E-state index in [0.29, 0.717) is 19.6 Å². The van der Waals surface area contributed by atoms with E-state index in [9.17, 15) is 9.59 Å². The number of hydrogen-bond donors (Lipinski definition) is 1. The first-order valence-electron chi connectivity index (χ1n) is 8.63. The lowest BCUT2D eigenvalue weighted by atomic mass is 9.99. The van der Waals surface area contributed by atoms with Gasteiger partial charge in [0.2, 0.25) is 6.41 Å². The van der Waals surface area contributed by atoms with Gasteiger partial charge in [0.25, 0.3) is 0 Å². The molecule has 0 saturated carbocycles. The molecule has 0 aliphatic carbocycles. The van der Waals surface area contributed by atoms with Crippen molar-refractivity contribution in [1.82, 2.24) is 10.2 Å². The van der Waals surface area contributed by atoms with Gasteiger partial charge in [-0.1, -0.05) is 12.1 Å². The molecule has 2 rings (SSSR count). The summed E-state index contributed by atoms with van der Waals surface area (Å²) >= 11 is 0. The second kappa shape index (κ2) is 8.34. The molecule has 0 radical (unpaired) electrons. The van der Waals surface area contributed by atoms with Gasteiger partial charge in [0, 0.05) is 37.7 Å². The molecule has 1 atom stereocenters. The van der Waals surface area contributed by atoms with Crippen molar-refractivity contribution in [3.63, 3.8) is 0 Å². The van der Waals surface area contributed by atoms with Crippen molar-refractivity contribution >= 4 is 12.4 Å². The molecular formula is C19H28N2O4. The summed E-state index contributed by atoms with van der Waals surface area (Å²) in [6.07, 6.45) is 1.29. The fraction of sp³-hybridized carbons (Fsp3) is 0.579. The Morgan fingerprint density at radius 2 is 2.16 bits per heavy atom. The molecule has 1 N–H and O–H groups in total. The number of benzene rings is 1. The van der Waals surface area contributed by atoms with Crippen LogP contribution in [0.2, 0.25) is 0 Å². The molecule has 0 saturated heterocycles. The Balaban J connectivity index is 2.02. The standard InChI is InChI=1S/C19H28N2O4/c1-14(23)25-16(10-20-19(2,3)4)12-24-18-7-5-6-15-11-21(13-22)9-8-17(15)18/h5-7,13,16,20H,8-12H2,1-4H3. The van der Waals surface area contributed by atoms with Crippen LogP contribution in [0.15, 0.2) is 18.2 Å². The molecule has 0 spiro atoms. The van der Waals surface area contributed by atoms with Crippen LogP contribution in [0.5, 0.6) is 5.75 Å². The number of fused-ring (bicyclic) bond motifs is 1. The van der Waals surface area contributed by atoms with E-state index in [-0.39, 0.29) is 24.2 Å². The van der Waals surface area contributed by atoms with E-state index in [1.807, 2.05) is 18.2 Å². The number of nitrogens with zero attached hydrogens (tertiary/aromatic N) is 1. The van der Waals surface area contributed by atoms with Crippen LogP contribution >= 0.6 is 0 Å². The predicted molar refractivity (Wildman–Crippen MR) is 95.4 cm³/mol. The SMILES string of the molecule is CC(=O)OC(CNC(C)(C)C)COc1cccc2c1CCN(C=O)C2. The zero-order valence-corrected chi connectivity index (χ0v) is 15.5. The monoisotopic (exact) mass is 348 g/mol. The highest BCUT2D eigenvalue weighted by molar-refractivity contribution is 5.66. The minimum atomic E-state index is -0.359. The number of esters is 1. The second-order valence-corrected chi connectivity index (χ2v) is 7.39. The van der Waals surface area contributed by atoms with Crippen molar-refractivity contribution in [2.45, 2.75) is 52.3 Å². The zero-order valence-electron chi connectivity index (χ0n) is 15.5. The number of carbonyl (C=O) groups is 2. The first-order valence-corrected chi connectivity index (χ1v) is 8.63. The molecular weight excluding hydrogens is 320 g/mol. The van der Waals surface area contributed by atoms with Crippen LogP contribution in [0.1, 0.15) is 38.8 Å². The van der Waals surface area contributed by atoms with Crippen LogP contribution in [-0.2, 0) is 27.3 Å². The summed E-state index contributed by atoms with van der Waals surface area (Å²) in [6, 6.07) is 5.87. The van der Waals surface area contributed by atoms with E-state index in [0.717, 1.165) is 29.7 Å². The summed E-state index contributed by atoms with van der Waals surface area (Å²) in [5, 5.41) is 3.34. The summed E-state index contributed by atoms with van der Waals surface area (Å²) < 4.78 is 11.3. The third-order valence-corrected chi connectivity index (χ3v) is 4.02. The molecule has 1 heterocycles. The van der Waals surface area contributed by atoms with Gasteiger partial charge in [-0.15, -0.1) is 0 Å². The molecule has 138 valence electrons. The van der Waals surface area contributed by atoms with Crippen LogP contribution < -0.4 is 10.1 Å². The van der Waals surface area contributed by atoms with Gasteiger partial charge in [-0.2, -0.15) is 0 Å². The van der Waals surface area contributed by atoms with Crippen LogP contribution in [-0.4, -0.2) is 48.6 Å². The lowest BCUT2D eigenvalue weighted by Gasteiger charge is -2.28. The Labute approximate surface area is 149 Å². The van der Waals surface area contributed by atoms with Crippen LogP contribution in [0.4, 0.5) is 0 Å². The first-order chi connectivity index (χ1) is 11.8. The molecule has 6 heteroatoms. The predicted octanol–water partition coefficient (Wildman–Crippen LogP) is 1.90. The topological polar surface area (TPSA) is 67.9 Å². The van der Waals surface area contributed by atoms with Crippen molar-refractivity contribution in [2.24, 2.45) is 0 Å². The summed E-state index contributed by atoms with van der Waals surface area (Å²) in [6.45, 7) is 9.70. The van der Waals surface area contributed by atoms with Gasteiger partial charge >= 0.3 is 5.97 Å². The first kappa shape index (κ1) is 19.2. The van der Waals surface area contributed by atoms with Crippen LogP contribution in [0, 0.1) is 0 Å². The summed E-state index contributed by atoms with van der Waals surface area (Å²) in [5.74, 6) is 0.483. The molecule has 1 aliphatic rings. The van der Waals surface area contributed by atoms with E-state index in [1.54, 1.807) is 4.90 Å². The minimum absolute atomic E-state index is 0.0669. The fourth-order valence-electron chi connectivity index (χ4n) is 2.79. The Hall–Kier alpha value is -2.08. The molecule has 0 aromatic heterocycles. The van der Waals surface area contributed by atoms with Gasteiger partial charge in [-0.3, -0.25) is 9.59 Å². The number of rotatable bonds is 7. The molecule has 1 amide bonds. The lowest BCUT2D eigenvalue weighted by molar-refractivity contribution is -0.147. The molecule has 1 aromatic rings. The van der Waals surface area contributed by atoms with E-state index < -0.39 is 0 Å². The Morgan fingerprint density at radius 1 is 1.40 bits per heavy atom. The Morgan fingerprint density at radius 3 is 2.80 bits per heavy atom. The van der Waals surface area contributed by atoms with Gasteiger partial charge in [-0.05, 0) is 38.8 Å². The third-order valence-electron chi connectivity index (χ3n) is 4.02. The molecule has 1 aliphatic heterocycles. The third kappa shape index (κ3) is 6.05. The largest absolute Gasteiger partial charge is 0.489 e. The van der Waals surface area contributed by atoms with E-state index >= 15 is 0 Å². The number of carbonyl (C=O) groups excluding carboxylic acids is 2. The van der Waals surface area contributed by atoms with Gasteiger partial charge in [0.05, 0.1) is 0 Å². The summed E-state index contributed by atoms with van der Waals surface area (Å²) in [5.41, 5.74) is 2.17. The number of ether oxygens (including phenoxy) is 2. The molecule has 0 fully saturated rings. The summed E-state index contributed by atoms with van der Waals surface area (Å²) in [7, 11) is 0. The Bertz CT molecular complexity index is 610. The van der Waals surface area contributed by atoms with Gasteiger partial charge < -0.3 is 19.7 Å². The molecule has 0 bridgehead atoms. The van der Waals surface area contributed by atoms with Crippen LogP contribution in [0.3, 0.4) is 0 Å². The normalized spacial score (nSPS) is 15.3. The number of hydrogen-bond acceptors (Lipinski definition) is 5. The van der Waals surface area contributed by atoms with Gasteiger partial charge in [0.15, 0.2) is 0 Å². The molecule has 6 nitrogen and oxygen atoms in total. The minimum Gasteiger partial charge on any atom is -0.489 e. The maximum absolute atomic E-state index is 11.3. The highest BCUT2D eigenvalue weighted by Crippen LogP contribution is 2.27. The zero-order chi connectivity index (χ0) is 18.4. The summed E-state index contributed by atoms with van der Waals surface area (Å²) in [4.78, 5) is 24.1. The quantitative estimate of drug-likeness (QED) is 0.602.